The molecule has 0 radical (unpaired) electrons. The molecule has 1 saturated carbocycles. The standard InChI is InChI=1S/C16H19BrN2S/c1-2-14-15(10-18-13-6-7-13)20-16(19-14)9-11-4-3-5-12(17)8-11/h3-5,8,13,18H,2,6-7,9-10H2,1H3. The Morgan fingerprint density at radius 2 is 2.25 bits per heavy atom. The lowest BCUT2D eigenvalue weighted by atomic mass is 10.2. The van der Waals surface area contributed by atoms with Gasteiger partial charge in [0.2, 0.25) is 0 Å². The van der Waals surface area contributed by atoms with Crippen molar-refractivity contribution in [3.8, 4) is 0 Å². The van der Waals surface area contributed by atoms with Crippen LogP contribution in [0.4, 0.5) is 0 Å². The van der Waals surface area contributed by atoms with Crippen LogP contribution in [0.1, 0.15) is 40.9 Å². The largest absolute Gasteiger partial charge is 0.309 e. The molecule has 0 aliphatic heterocycles. The van der Waals surface area contributed by atoms with E-state index in [-0.39, 0.29) is 0 Å². The van der Waals surface area contributed by atoms with Gasteiger partial charge in [-0.15, -0.1) is 11.3 Å². The van der Waals surface area contributed by atoms with Crippen LogP contribution in [0.2, 0.25) is 0 Å². The molecular formula is C16H19BrN2S. The predicted octanol–water partition coefficient (Wildman–Crippen LogP) is 4.31. The quantitative estimate of drug-likeness (QED) is 0.839. The molecule has 1 aromatic heterocycles. The number of aryl methyl sites for hydroxylation is 1. The minimum Gasteiger partial charge on any atom is -0.309 e. The van der Waals surface area contributed by atoms with Crippen LogP contribution < -0.4 is 5.32 Å². The van der Waals surface area contributed by atoms with Crippen molar-refractivity contribution >= 4 is 27.3 Å². The van der Waals surface area contributed by atoms with Crippen LogP contribution in [0, 0.1) is 0 Å². The first-order valence-electron chi connectivity index (χ1n) is 7.20. The Balaban J connectivity index is 1.72. The van der Waals surface area contributed by atoms with Gasteiger partial charge in [0.15, 0.2) is 0 Å². The highest BCUT2D eigenvalue weighted by atomic mass is 79.9. The van der Waals surface area contributed by atoms with Gasteiger partial charge in [-0.05, 0) is 37.0 Å². The van der Waals surface area contributed by atoms with E-state index < -0.39 is 0 Å². The van der Waals surface area contributed by atoms with Crippen molar-refractivity contribution in [1.29, 1.82) is 0 Å². The van der Waals surface area contributed by atoms with E-state index in [1.54, 1.807) is 0 Å². The van der Waals surface area contributed by atoms with Crippen LogP contribution >= 0.6 is 27.3 Å². The number of thiazole rings is 1. The maximum Gasteiger partial charge on any atom is 0.0975 e. The van der Waals surface area contributed by atoms with Gasteiger partial charge in [-0.1, -0.05) is 35.0 Å². The molecule has 20 heavy (non-hydrogen) atoms. The van der Waals surface area contributed by atoms with E-state index in [0.29, 0.717) is 0 Å². The van der Waals surface area contributed by atoms with Gasteiger partial charge in [-0.2, -0.15) is 0 Å². The maximum absolute atomic E-state index is 4.82. The molecule has 0 atom stereocenters. The lowest BCUT2D eigenvalue weighted by Crippen LogP contribution is -2.15. The number of nitrogens with zero attached hydrogens (tertiary/aromatic N) is 1. The van der Waals surface area contributed by atoms with Gasteiger partial charge >= 0.3 is 0 Å². The fraction of sp³-hybridized carbons (Fsp3) is 0.438. The van der Waals surface area contributed by atoms with Gasteiger partial charge in [-0.25, -0.2) is 4.98 Å². The highest BCUT2D eigenvalue weighted by molar-refractivity contribution is 9.10. The summed E-state index contributed by atoms with van der Waals surface area (Å²) in [5, 5.41) is 4.83. The van der Waals surface area contributed by atoms with E-state index in [1.165, 1.54) is 34.0 Å². The summed E-state index contributed by atoms with van der Waals surface area (Å²) in [7, 11) is 0. The zero-order valence-electron chi connectivity index (χ0n) is 11.7. The highest BCUT2D eigenvalue weighted by Crippen LogP contribution is 2.25. The molecule has 1 aromatic carbocycles. The maximum atomic E-state index is 4.82. The molecule has 0 unspecified atom stereocenters. The molecule has 1 heterocycles. The molecule has 1 fully saturated rings. The molecule has 0 saturated heterocycles. The lowest BCUT2D eigenvalue weighted by molar-refractivity contribution is 0.689. The molecule has 0 bridgehead atoms. The SMILES string of the molecule is CCc1nc(Cc2cccc(Br)c2)sc1CNC1CC1. The molecule has 0 amide bonds. The van der Waals surface area contributed by atoms with Crippen molar-refractivity contribution in [2.45, 2.75) is 45.2 Å². The van der Waals surface area contributed by atoms with E-state index in [1.807, 2.05) is 11.3 Å². The fourth-order valence-corrected chi connectivity index (χ4v) is 3.86. The lowest BCUT2D eigenvalue weighted by Gasteiger charge is -2.00. The molecule has 106 valence electrons. The van der Waals surface area contributed by atoms with E-state index >= 15 is 0 Å². The zero-order chi connectivity index (χ0) is 13.9. The number of hydrogen-bond donors (Lipinski definition) is 1. The van der Waals surface area contributed by atoms with Gasteiger partial charge < -0.3 is 5.32 Å². The van der Waals surface area contributed by atoms with Crippen molar-refractivity contribution < 1.29 is 0 Å². The van der Waals surface area contributed by atoms with Gasteiger partial charge in [0, 0.05) is 28.4 Å². The second-order valence-electron chi connectivity index (χ2n) is 5.29. The van der Waals surface area contributed by atoms with Gasteiger partial charge in [0.25, 0.3) is 0 Å². The van der Waals surface area contributed by atoms with Crippen molar-refractivity contribution in [2.75, 3.05) is 0 Å². The van der Waals surface area contributed by atoms with E-state index in [9.17, 15) is 0 Å². The minimum absolute atomic E-state index is 0.760. The first-order chi connectivity index (χ1) is 9.74. The first kappa shape index (κ1) is 14.2. The second kappa shape index (κ2) is 6.37. The molecule has 2 nitrogen and oxygen atoms in total. The summed E-state index contributed by atoms with van der Waals surface area (Å²) < 4.78 is 1.14. The molecule has 1 aliphatic carbocycles. The van der Waals surface area contributed by atoms with Crippen molar-refractivity contribution in [1.82, 2.24) is 10.3 Å². The normalized spacial score (nSPS) is 14.7. The third-order valence-corrected chi connectivity index (χ3v) is 5.12. The van der Waals surface area contributed by atoms with E-state index in [0.717, 1.165) is 29.9 Å². The summed E-state index contributed by atoms with van der Waals surface area (Å²) in [6.45, 7) is 3.18. The summed E-state index contributed by atoms with van der Waals surface area (Å²) in [5.74, 6) is 0. The third-order valence-electron chi connectivity index (χ3n) is 3.53. The summed E-state index contributed by atoms with van der Waals surface area (Å²) in [4.78, 5) is 6.24. The average Bonchev–Trinajstić information content (AvgIpc) is 3.18. The number of hydrogen-bond acceptors (Lipinski definition) is 3. The molecule has 4 heteroatoms. The number of aromatic nitrogens is 1. The van der Waals surface area contributed by atoms with Gasteiger partial charge in [0.1, 0.15) is 0 Å². The summed E-state index contributed by atoms with van der Waals surface area (Å²) in [6.07, 6.45) is 4.63. The van der Waals surface area contributed by atoms with Gasteiger partial charge in [-0.3, -0.25) is 0 Å². The number of benzene rings is 1. The zero-order valence-corrected chi connectivity index (χ0v) is 14.1. The second-order valence-corrected chi connectivity index (χ2v) is 7.38. The number of rotatable bonds is 6. The minimum atomic E-state index is 0.760. The Kier molecular flexibility index (Phi) is 4.54. The molecule has 3 rings (SSSR count). The summed E-state index contributed by atoms with van der Waals surface area (Å²) in [6, 6.07) is 9.25. The topological polar surface area (TPSA) is 24.9 Å². The molecule has 1 aliphatic rings. The van der Waals surface area contributed by atoms with Crippen LogP contribution in [0.25, 0.3) is 0 Å². The van der Waals surface area contributed by atoms with Crippen LogP contribution in [0.15, 0.2) is 28.7 Å². The summed E-state index contributed by atoms with van der Waals surface area (Å²) in [5.41, 5.74) is 2.59. The van der Waals surface area contributed by atoms with E-state index in [2.05, 4.69) is 52.4 Å². The molecule has 2 aromatic rings. The molecule has 1 N–H and O–H groups in total. The first-order valence-corrected chi connectivity index (χ1v) is 8.81. The Morgan fingerprint density at radius 1 is 1.40 bits per heavy atom. The Hall–Kier alpha value is -0.710. The van der Waals surface area contributed by atoms with Crippen molar-refractivity contribution in [2.24, 2.45) is 0 Å². The predicted molar refractivity (Wildman–Crippen MR) is 88.3 cm³/mol. The number of halogens is 1. The monoisotopic (exact) mass is 350 g/mol. The van der Waals surface area contributed by atoms with E-state index in [4.69, 9.17) is 4.98 Å². The van der Waals surface area contributed by atoms with Crippen LogP contribution in [-0.2, 0) is 19.4 Å². The van der Waals surface area contributed by atoms with Crippen LogP contribution in [0.3, 0.4) is 0 Å². The third kappa shape index (κ3) is 3.68. The Labute approximate surface area is 132 Å². The number of nitrogens with one attached hydrogen (secondary N) is 1. The molecule has 0 spiro atoms. The summed E-state index contributed by atoms with van der Waals surface area (Å²) >= 11 is 5.40. The van der Waals surface area contributed by atoms with Crippen LogP contribution in [-0.4, -0.2) is 11.0 Å². The molecular weight excluding hydrogens is 332 g/mol. The Morgan fingerprint density at radius 3 is 2.95 bits per heavy atom. The van der Waals surface area contributed by atoms with Crippen molar-refractivity contribution in [3.63, 3.8) is 0 Å². The average molecular weight is 351 g/mol. The highest BCUT2D eigenvalue weighted by Gasteiger charge is 2.21. The smallest absolute Gasteiger partial charge is 0.0975 e. The fourth-order valence-electron chi connectivity index (χ4n) is 2.27. The van der Waals surface area contributed by atoms with Gasteiger partial charge in [0.05, 0.1) is 10.7 Å². The van der Waals surface area contributed by atoms with Crippen molar-refractivity contribution in [3.05, 3.63) is 49.9 Å². The Bertz CT molecular complexity index is 590. The van der Waals surface area contributed by atoms with Crippen LogP contribution in [0.5, 0.6) is 0 Å².